The summed E-state index contributed by atoms with van der Waals surface area (Å²) in [6.07, 6.45) is 1.79. The highest BCUT2D eigenvalue weighted by Gasteiger charge is 2.05. The smallest absolute Gasteiger partial charge is 0.126 e. The molecule has 0 saturated carbocycles. The standard InChI is InChI=1S/C13H15N3/c1-10-8-12(9-15-13(10)14)16(2)11-6-4-3-5-7-11/h3-9H,1-2H3,(H2,14,15). The molecule has 0 aliphatic rings. The quantitative estimate of drug-likeness (QED) is 0.834. The van der Waals surface area contributed by atoms with E-state index >= 15 is 0 Å². The number of aromatic nitrogens is 1. The van der Waals surface area contributed by atoms with E-state index in [0.29, 0.717) is 5.82 Å². The maximum Gasteiger partial charge on any atom is 0.126 e. The molecule has 2 N–H and O–H groups in total. The van der Waals surface area contributed by atoms with E-state index in [1.807, 2.05) is 38.2 Å². The molecule has 1 heterocycles. The number of benzene rings is 1. The average Bonchev–Trinajstić information content (AvgIpc) is 2.33. The summed E-state index contributed by atoms with van der Waals surface area (Å²) in [5.41, 5.74) is 8.87. The fourth-order valence-corrected chi connectivity index (χ4v) is 1.55. The van der Waals surface area contributed by atoms with Crippen molar-refractivity contribution in [2.45, 2.75) is 6.92 Å². The molecule has 82 valence electrons. The number of pyridine rings is 1. The monoisotopic (exact) mass is 213 g/mol. The molecule has 1 aromatic carbocycles. The largest absolute Gasteiger partial charge is 0.383 e. The Bertz CT molecular complexity index is 480. The van der Waals surface area contributed by atoms with Crippen LogP contribution in [0.2, 0.25) is 0 Å². The lowest BCUT2D eigenvalue weighted by Crippen LogP contribution is -2.10. The molecule has 0 fully saturated rings. The van der Waals surface area contributed by atoms with Crippen LogP contribution in [0.4, 0.5) is 17.2 Å². The Morgan fingerprint density at radius 1 is 1.12 bits per heavy atom. The fraction of sp³-hybridized carbons (Fsp3) is 0.154. The lowest BCUT2D eigenvalue weighted by atomic mass is 10.2. The van der Waals surface area contributed by atoms with Gasteiger partial charge in [0, 0.05) is 12.7 Å². The Kier molecular flexibility index (Phi) is 2.77. The van der Waals surface area contributed by atoms with Gasteiger partial charge in [-0.15, -0.1) is 0 Å². The van der Waals surface area contributed by atoms with Gasteiger partial charge < -0.3 is 10.6 Å². The zero-order chi connectivity index (χ0) is 11.5. The van der Waals surface area contributed by atoms with Gasteiger partial charge in [-0.3, -0.25) is 0 Å². The molecule has 3 nitrogen and oxygen atoms in total. The van der Waals surface area contributed by atoms with Crippen LogP contribution < -0.4 is 10.6 Å². The van der Waals surface area contributed by atoms with E-state index in [1.165, 1.54) is 0 Å². The van der Waals surface area contributed by atoms with Crippen LogP contribution in [0, 0.1) is 6.92 Å². The van der Waals surface area contributed by atoms with Crippen molar-refractivity contribution in [2.24, 2.45) is 0 Å². The molecular formula is C13H15N3. The van der Waals surface area contributed by atoms with Crippen molar-refractivity contribution in [3.8, 4) is 0 Å². The summed E-state index contributed by atoms with van der Waals surface area (Å²) < 4.78 is 0. The minimum atomic E-state index is 0.588. The van der Waals surface area contributed by atoms with Gasteiger partial charge in [-0.1, -0.05) is 18.2 Å². The van der Waals surface area contributed by atoms with Gasteiger partial charge in [-0.05, 0) is 30.7 Å². The predicted octanol–water partition coefficient (Wildman–Crippen LogP) is 2.74. The van der Waals surface area contributed by atoms with Gasteiger partial charge in [0.25, 0.3) is 0 Å². The molecule has 0 saturated heterocycles. The van der Waals surface area contributed by atoms with Crippen molar-refractivity contribution in [2.75, 3.05) is 17.7 Å². The van der Waals surface area contributed by atoms with Crippen molar-refractivity contribution < 1.29 is 0 Å². The van der Waals surface area contributed by atoms with E-state index in [-0.39, 0.29) is 0 Å². The topological polar surface area (TPSA) is 42.2 Å². The van der Waals surface area contributed by atoms with Crippen LogP contribution >= 0.6 is 0 Å². The van der Waals surface area contributed by atoms with Gasteiger partial charge >= 0.3 is 0 Å². The van der Waals surface area contributed by atoms with Gasteiger partial charge in [0.2, 0.25) is 0 Å². The zero-order valence-corrected chi connectivity index (χ0v) is 9.51. The number of para-hydroxylation sites is 1. The molecule has 0 atom stereocenters. The predicted molar refractivity (Wildman–Crippen MR) is 67.9 cm³/mol. The highest BCUT2D eigenvalue weighted by atomic mass is 15.1. The molecule has 0 bridgehead atoms. The Morgan fingerprint density at radius 2 is 1.81 bits per heavy atom. The van der Waals surface area contributed by atoms with E-state index in [4.69, 9.17) is 5.73 Å². The van der Waals surface area contributed by atoms with Crippen molar-refractivity contribution in [1.82, 2.24) is 4.98 Å². The van der Waals surface area contributed by atoms with Crippen LogP contribution in [0.5, 0.6) is 0 Å². The second kappa shape index (κ2) is 4.23. The van der Waals surface area contributed by atoms with E-state index < -0.39 is 0 Å². The molecule has 0 radical (unpaired) electrons. The first-order valence-corrected chi connectivity index (χ1v) is 5.19. The average molecular weight is 213 g/mol. The molecule has 1 aromatic heterocycles. The third-order valence-corrected chi connectivity index (χ3v) is 2.64. The highest BCUT2D eigenvalue weighted by Crippen LogP contribution is 2.24. The van der Waals surface area contributed by atoms with Crippen LogP contribution in [0.1, 0.15) is 5.56 Å². The molecule has 3 heteroatoms. The van der Waals surface area contributed by atoms with E-state index in [0.717, 1.165) is 16.9 Å². The Hall–Kier alpha value is -2.03. The molecule has 0 aliphatic carbocycles. The minimum absolute atomic E-state index is 0.588. The minimum Gasteiger partial charge on any atom is -0.383 e. The zero-order valence-electron chi connectivity index (χ0n) is 9.51. The Morgan fingerprint density at radius 3 is 2.44 bits per heavy atom. The summed E-state index contributed by atoms with van der Waals surface area (Å²) in [5.74, 6) is 0.588. The highest BCUT2D eigenvalue weighted by molar-refractivity contribution is 5.63. The maximum absolute atomic E-state index is 5.70. The lowest BCUT2D eigenvalue weighted by molar-refractivity contribution is 1.16. The number of hydrogen-bond donors (Lipinski definition) is 1. The molecular weight excluding hydrogens is 198 g/mol. The number of nitrogens with zero attached hydrogens (tertiary/aromatic N) is 2. The first-order chi connectivity index (χ1) is 7.68. The van der Waals surface area contributed by atoms with Crippen LogP contribution in [0.25, 0.3) is 0 Å². The third-order valence-electron chi connectivity index (χ3n) is 2.64. The van der Waals surface area contributed by atoms with E-state index in [9.17, 15) is 0 Å². The van der Waals surface area contributed by atoms with Crippen LogP contribution in [-0.2, 0) is 0 Å². The van der Waals surface area contributed by atoms with Crippen molar-refractivity contribution in [1.29, 1.82) is 0 Å². The van der Waals surface area contributed by atoms with Crippen LogP contribution in [0.3, 0.4) is 0 Å². The summed E-state index contributed by atoms with van der Waals surface area (Å²) >= 11 is 0. The van der Waals surface area contributed by atoms with Crippen molar-refractivity contribution in [3.63, 3.8) is 0 Å². The second-order valence-corrected chi connectivity index (χ2v) is 3.79. The van der Waals surface area contributed by atoms with Crippen LogP contribution in [-0.4, -0.2) is 12.0 Å². The van der Waals surface area contributed by atoms with Gasteiger partial charge in [0.1, 0.15) is 5.82 Å². The molecule has 16 heavy (non-hydrogen) atoms. The Balaban J connectivity index is 2.34. The normalized spacial score (nSPS) is 10.1. The molecule has 0 spiro atoms. The Labute approximate surface area is 95.5 Å². The number of anilines is 3. The van der Waals surface area contributed by atoms with E-state index in [2.05, 4.69) is 22.0 Å². The van der Waals surface area contributed by atoms with E-state index in [1.54, 1.807) is 6.20 Å². The lowest BCUT2D eigenvalue weighted by Gasteiger charge is -2.19. The van der Waals surface area contributed by atoms with Gasteiger partial charge in [0.15, 0.2) is 0 Å². The molecule has 0 amide bonds. The summed E-state index contributed by atoms with van der Waals surface area (Å²) in [6.45, 7) is 1.96. The first-order valence-electron chi connectivity index (χ1n) is 5.19. The summed E-state index contributed by atoms with van der Waals surface area (Å²) in [5, 5.41) is 0. The van der Waals surface area contributed by atoms with Crippen molar-refractivity contribution >= 4 is 17.2 Å². The number of rotatable bonds is 2. The number of aryl methyl sites for hydroxylation is 1. The first kappa shape index (κ1) is 10.5. The molecule has 2 rings (SSSR count). The SMILES string of the molecule is Cc1cc(N(C)c2ccccc2)cnc1N. The maximum atomic E-state index is 5.70. The summed E-state index contributed by atoms with van der Waals surface area (Å²) in [4.78, 5) is 6.24. The number of hydrogen-bond acceptors (Lipinski definition) is 3. The summed E-state index contributed by atoms with van der Waals surface area (Å²) in [7, 11) is 2.02. The van der Waals surface area contributed by atoms with Gasteiger partial charge in [0.05, 0.1) is 11.9 Å². The van der Waals surface area contributed by atoms with Crippen LogP contribution in [0.15, 0.2) is 42.6 Å². The number of nitrogens with two attached hydrogens (primary N) is 1. The van der Waals surface area contributed by atoms with Crippen molar-refractivity contribution in [3.05, 3.63) is 48.2 Å². The fourth-order valence-electron chi connectivity index (χ4n) is 1.55. The molecule has 0 aliphatic heterocycles. The van der Waals surface area contributed by atoms with Gasteiger partial charge in [-0.2, -0.15) is 0 Å². The van der Waals surface area contributed by atoms with Gasteiger partial charge in [-0.25, -0.2) is 4.98 Å². The third kappa shape index (κ3) is 1.98. The molecule has 2 aromatic rings. The second-order valence-electron chi connectivity index (χ2n) is 3.79. The number of nitrogen functional groups attached to an aromatic ring is 1. The summed E-state index contributed by atoms with van der Waals surface area (Å²) in [6, 6.07) is 12.2. The molecule has 0 unspecified atom stereocenters.